The number of amides is 1. The number of rotatable bonds is 4. The number of hydrogen-bond donors (Lipinski definition) is 2. The van der Waals surface area contributed by atoms with Crippen LogP contribution in [0.4, 0.5) is 0 Å². The largest absolute Gasteiger partial charge is 0.507 e. The molecular formula is C22H16ClN3O3. The zero-order chi connectivity index (χ0) is 20.4. The number of methoxy groups -OCH3 is 1. The van der Waals surface area contributed by atoms with Gasteiger partial charge in [-0.15, -0.1) is 0 Å². The first-order chi connectivity index (χ1) is 14.0. The molecule has 1 aromatic heterocycles. The summed E-state index contributed by atoms with van der Waals surface area (Å²) in [6.45, 7) is 0. The van der Waals surface area contributed by atoms with Gasteiger partial charge in [0.2, 0.25) is 0 Å². The summed E-state index contributed by atoms with van der Waals surface area (Å²) < 4.78 is 5.18. The quantitative estimate of drug-likeness (QED) is 0.297. The number of halogens is 1. The first-order valence-electron chi connectivity index (χ1n) is 8.74. The molecule has 4 aromatic rings. The van der Waals surface area contributed by atoms with Crippen molar-refractivity contribution in [1.82, 2.24) is 10.4 Å². The number of phenolic OH excluding ortho intramolecular Hbond substituents is 1. The number of fused-ring (bicyclic) bond motifs is 2. The van der Waals surface area contributed by atoms with E-state index in [-0.39, 0.29) is 16.5 Å². The summed E-state index contributed by atoms with van der Waals surface area (Å²) >= 11 is 6.23. The summed E-state index contributed by atoms with van der Waals surface area (Å²) in [6, 6.07) is 17.9. The fourth-order valence-corrected chi connectivity index (χ4v) is 3.18. The zero-order valence-electron chi connectivity index (χ0n) is 15.4. The van der Waals surface area contributed by atoms with E-state index < -0.39 is 5.91 Å². The van der Waals surface area contributed by atoms with Gasteiger partial charge in [0.25, 0.3) is 5.91 Å². The van der Waals surface area contributed by atoms with E-state index in [0.717, 1.165) is 16.2 Å². The Bertz CT molecular complexity index is 1270. The maximum atomic E-state index is 12.4. The number of pyridine rings is 1. The first kappa shape index (κ1) is 18.7. The number of benzene rings is 3. The smallest absolute Gasteiger partial charge is 0.275 e. The van der Waals surface area contributed by atoms with Gasteiger partial charge in [-0.3, -0.25) is 4.79 Å². The molecule has 0 radical (unpaired) electrons. The molecule has 144 valence electrons. The predicted octanol–water partition coefficient (Wildman–Crippen LogP) is 4.52. The number of aromatic hydroxyl groups is 1. The number of carbonyl (C=O) groups excluding carboxylic acids is 1. The molecule has 0 saturated carbocycles. The van der Waals surface area contributed by atoms with Crippen LogP contribution in [0.1, 0.15) is 15.9 Å². The minimum Gasteiger partial charge on any atom is -0.507 e. The van der Waals surface area contributed by atoms with Gasteiger partial charge >= 0.3 is 0 Å². The number of carbonyl (C=O) groups is 1. The molecule has 1 amide bonds. The summed E-state index contributed by atoms with van der Waals surface area (Å²) in [7, 11) is 1.58. The normalized spacial score (nSPS) is 11.2. The van der Waals surface area contributed by atoms with Crippen LogP contribution in [0.2, 0.25) is 5.15 Å². The van der Waals surface area contributed by atoms with Gasteiger partial charge in [0.05, 0.1) is 24.4 Å². The van der Waals surface area contributed by atoms with Crippen molar-refractivity contribution in [2.45, 2.75) is 0 Å². The monoisotopic (exact) mass is 405 g/mol. The molecule has 0 atom stereocenters. The maximum Gasteiger partial charge on any atom is 0.275 e. The lowest BCUT2D eigenvalue weighted by Gasteiger charge is -2.06. The number of phenols is 1. The average molecular weight is 406 g/mol. The van der Waals surface area contributed by atoms with Crippen molar-refractivity contribution in [3.63, 3.8) is 0 Å². The van der Waals surface area contributed by atoms with Gasteiger partial charge in [0.15, 0.2) is 0 Å². The highest BCUT2D eigenvalue weighted by atomic mass is 35.5. The van der Waals surface area contributed by atoms with Crippen molar-refractivity contribution < 1.29 is 14.6 Å². The molecule has 0 fully saturated rings. The Morgan fingerprint density at radius 3 is 2.62 bits per heavy atom. The van der Waals surface area contributed by atoms with Gasteiger partial charge in [-0.2, -0.15) is 5.10 Å². The van der Waals surface area contributed by atoms with Crippen LogP contribution in [-0.2, 0) is 0 Å². The number of ether oxygens (including phenoxy) is 1. The standard InChI is InChI=1S/C22H16ClN3O3/c1-29-17-7-6-15-8-16(21(23)25-19(15)11-17)12-24-26-22(28)18-9-13-4-2-3-5-14(13)10-20(18)27/h2-12,27H,1H3,(H,26,28)/b24-12-. The van der Waals surface area contributed by atoms with E-state index in [2.05, 4.69) is 15.5 Å². The highest BCUT2D eigenvalue weighted by Gasteiger charge is 2.12. The highest BCUT2D eigenvalue weighted by Crippen LogP contribution is 2.25. The number of hydrogen-bond acceptors (Lipinski definition) is 5. The van der Waals surface area contributed by atoms with E-state index in [1.807, 2.05) is 42.5 Å². The van der Waals surface area contributed by atoms with E-state index >= 15 is 0 Å². The van der Waals surface area contributed by atoms with Crippen LogP contribution in [0.3, 0.4) is 0 Å². The summed E-state index contributed by atoms with van der Waals surface area (Å²) in [4.78, 5) is 16.7. The van der Waals surface area contributed by atoms with E-state index in [0.29, 0.717) is 16.8 Å². The third kappa shape index (κ3) is 3.83. The summed E-state index contributed by atoms with van der Waals surface area (Å²) in [5.41, 5.74) is 3.79. The Morgan fingerprint density at radius 2 is 1.86 bits per heavy atom. The van der Waals surface area contributed by atoms with Crippen LogP contribution in [0.5, 0.6) is 11.5 Å². The maximum absolute atomic E-state index is 12.4. The van der Waals surface area contributed by atoms with Crippen molar-refractivity contribution in [2.24, 2.45) is 5.10 Å². The van der Waals surface area contributed by atoms with Crippen LogP contribution in [0.25, 0.3) is 21.7 Å². The van der Waals surface area contributed by atoms with E-state index in [9.17, 15) is 9.90 Å². The van der Waals surface area contributed by atoms with Gasteiger partial charge in [-0.1, -0.05) is 35.9 Å². The van der Waals surface area contributed by atoms with Crippen LogP contribution in [0.15, 0.2) is 65.8 Å². The molecule has 4 rings (SSSR count). The lowest BCUT2D eigenvalue weighted by atomic mass is 10.1. The number of aromatic nitrogens is 1. The lowest BCUT2D eigenvalue weighted by Crippen LogP contribution is -2.17. The lowest BCUT2D eigenvalue weighted by molar-refractivity contribution is 0.0952. The molecule has 0 bridgehead atoms. The van der Waals surface area contributed by atoms with Crippen molar-refractivity contribution in [1.29, 1.82) is 0 Å². The van der Waals surface area contributed by atoms with Crippen molar-refractivity contribution in [3.05, 3.63) is 76.9 Å². The molecule has 0 aliphatic rings. The van der Waals surface area contributed by atoms with E-state index in [4.69, 9.17) is 16.3 Å². The second-order valence-corrected chi connectivity index (χ2v) is 6.70. The molecule has 2 N–H and O–H groups in total. The molecule has 0 aliphatic heterocycles. The molecule has 1 heterocycles. The molecule has 0 spiro atoms. The second kappa shape index (κ2) is 7.77. The zero-order valence-corrected chi connectivity index (χ0v) is 16.1. The highest BCUT2D eigenvalue weighted by molar-refractivity contribution is 6.32. The summed E-state index contributed by atoms with van der Waals surface area (Å²) in [5.74, 6) is 0.0415. The van der Waals surface area contributed by atoms with Gasteiger partial charge in [0.1, 0.15) is 16.7 Å². The molecular weight excluding hydrogens is 390 g/mol. The fraction of sp³-hybridized carbons (Fsp3) is 0.0455. The topological polar surface area (TPSA) is 83.8 Å². The Morgan fingerprint density at radius 1 is 1.10 bits per heavy atom. The van der Waals surface area contributed by atoms with E-state index in [1.165, 1.54) is 6.21 Å². The molecule has 0 saturated heterocycles. The Hall–Kier alpha value is -3.64. The van der Waals surface area contributed by atoms with E-state index in [1.54, 1.807) is 25.3 Å². The van der Waals surface area contributed by atoms with Crippen molar-refractivity contribution in [3.8, 4) is 11.5 Å². The van der Waals surface area contributed by atoms with Gasteiger partial charge in [-0.05, 0) is 41.1 Å². The van der Waals surface area contributed by atoms with Gasteiger partial charge in [0, 0.05) is 17.0 Å². The van der Waals surface area contributed by atoms with Gasteiger partial charge < -0.3 is 9.84 Å². The minimum atomic E-state index is -0.529. The Labute approximate surface area is 171 Å². The number of nitrogens with zero attached hydrogens (tertiary/aromatic N) is 2. The molecule has 29 heavy (non-hydrogen) atoms. The molecule has 3 aromatic carbocycles. The third-order valence-electron chi connectivity index (χ3n) is 4.48. The summed E-state index contributed by atoms with van der Waals surface area (Å²) in [6.07, 6.45) is 1.41. The number of hydrazone groups is 1. The van der Waals surface area contributed by atoms with Crippen molar-refractivity contribution >= 4 is 45.4 Å². The van der Waals surface area contributed by atoms with Crippen molar-refractivity contribution in [2.75, 3.05) is 7.11 Å². The second-order valence-electron chi connectivity index (χ2n) is 6.34. The van der Waals surface area contributed by atoms with Crippen LogP contribution in [-0.4, -0.2) is 29.3 Å². The SMILES string of the molecule is COc1ccc2cc(/C=N\NC(=O)c3cc4ccccc4cc3O)c(Cl)nc2c1. The summed E-state index contributed by atoms with van der Waals surface area (Å²) in [5, 5.41) is 16.9. The minimum absolute atomic E-state index is 0.115. The molecule has 7 heteroatoms. The average Bonchev–Trinajstić information content (AvgIpc) is 2.73. The van der Waals surface area contributed by atoms with Crippen LogP contribution >= 0.6 is 11.6 Å². The molecule has 0 unspecified atom stereocenters. The van der Waals surface area contributed by atoms with Gasteiger partial charge in [-0.25, -0.2) is 10.4 Å². The molecule has 6 nitrogen and oxygen atoms in total. The first-order valence-corrected chi connectivity index (χ1v) is 9.12. The number of nitrogens with one attached hydrogen (secondary N) is 1. The third-order valence-corrected chi connectivity index (χ3v) is 4.79. The molecule has 0 aliphatic carbocycles. The fourth-order valence-electron chi connectivity index (χ4n) is 2.99. The van der Waals surface area contributed by atoms with Crippen LogP contribution in [0, 0.1) is 0 Å². The Kier molecular flexibility index (Phi) is 5.01. The van der Waals surface area contributed by atoms with Crippen LogP contribution < -0.4 is 10.2 Å². The predicted molar refractivity (Wildman–Crippen MR) is 114 cm³/mol. The Balaban J connectivity index is 1.56.